The normalized spacial score (nSPS) is 11.0. The van der Waals surface area contributed by atoms with Gasteiger partial charge in [-0.3, -0.25) is 0 Å². The van der Waals surface area contributed by atoms with Crippen LogP contribution in [0.4, 0.5) is 34.1 Å². The summed E-state index contributed by atoms with van der Waals surface area (Å²) < 4.78 is 35.4. The number of aliphatic imine (C=N–C) groups is 3. The van der Waals surface area contributed by atoms with E-state index in [4.69, 9.17) is 33.2 Å². The van der Waals surface area contributed by atoms with Crippen LogP contribution >= 0.6 is 7.92 Å². The van der Waals surface area contributed by atoms with E-state index in [0.717, 1.165) is 87.1 Å². The van der Waals surface area contributed by atoms with E-state index in [1.54, 1.807) is 60.9 Å². The second-order valence-electron chi connectivity index (χ2n) is 17.5. The Morgan fingerprint density at radius 1 is 0.395 bits per heavy atom. The van der Waals surface area contributed by atoms with Crippen LogP contribution in [-0.4, -0.2) is 80.9 Å². The van der Waals surface area contributed by atoms with Gasteiger partial charge in [-0.05, 0) is 155 Å². The summed E-state index contributed by atoms with van der Waals surface area (Å²) in [4.78, 5) is 23.9. The van der Waals surface area contributed by atoms with Gasteiger partial charge in [0.05, 0.1) is 48.6 Å². The van der Waals surface area contributed by atoms with E-state index in [1.807, 2.05) is 188 Å². The maximum Gasteiger partial charge on any atom is 2.00 e. The van der Waals surface area contributed by atoms with Gasteiger partial charge in [0.1, 0.15) is 34.5 Å². The van der Waals surface area contributed by atoms with Gasteiger partial charge in [0.25, 0.3) is 0 Å². The molecule has 0 aliphatic carbocycles. The third kappa shape index (κ3) is 25.3. The zero-order valence-corrected chi connectivity index (χ0v) is 53.5. The molecular formula is C68H67Mo2N6O9P. The van der Waals surface area contributed by atoms with Crippen molar-refractivity contribution in [2.24, 2.45) is 15.0 Å². The zero-order valence-electron chi connectivity index (χ0n) is 48.6. The van der Waals surface area contributed by atoms with Crippen LogP contribution in [0.25, 0.3) is 16.0 Å². The van der Waals surface area contributed by atoms with Gasteiger partial charge in [-0.1, -0.05) is 171 Å². The standard InChI is InChI=1S/C19H15O2P.3C15H15N2O2.C4H8O.2Mo/c20-19(21)15-8-7-13-18(14-15)22(16-9-3-1-4-10-16)17-11-5-2-6-12-17;3*1-18-14-7-3-12(4-8-14)16-11-17-13-5-9-15(19-2)10-6-13;1-2-4-5-3-1;;/h1-14H,(H,20,21);3*3-11H,1-2H3;1-4H2;;/q;3*-1;;2*+2/p-1. The SMILES string of the molecule is C1CCOC1.COc1ccc(N=C[N-]c2ccc(OC)cc2)cc1.COc1ccc(N=C[N-]c2ccc(OC)cc2)cc1.COc1ccc(N=C[N-]c2ccc(OC)cc2)cc1.O=C([O-])c1cccc(P(c2ccccc2)c2ccccc2)c1.[Mo+2].[Mo+2]. The molecule has 0 unspecified atom stereocenters. The molecule has 0 N–H and O–H groups in total. The number of carboxylic acids is 1. The summed E-state index contributed by atoms with van der Waals surface area (Å²) in [6, 6.07) is 72.2. The molecule has 0 radical (unpaired) electrons. The maximum atomic E-state index is 11.1. The van der Waals surface area contributed by atoms with Crippen molar-refractivity contribution in [3.8, 4) is 34.5 Å². The molecule has 0 spiro atoms. The van der Waals surface area contributed by atoms with Crippen LogP contribution in [0.1, 0.15) is 23.2 Å². The van der Waals surface area contributed by atoms with Crippen LogP contribution in [-0.2, 0) is 46.9 Å². The molecule has 0 aromatic heterocycles. The number of methoxy groups -OCH3 is 6. The molecule has 1 fully saturated rings. The largest absolute Gasteiger partial charge is 2.00 e. The van der Waals surface area contributed by atoms with Crippen molar-refractivity contribution in [3.05, 3.63) is 252 Å². The Balaban J connectivity index is 0.000000237. The third-order valence-electron chi connectivity index (χ3n) is 11.9. The fourth-order valence-electron chi connectivity index (χ4n) is 7.38. The summed E-state index contributed by atoms with van der Waals surface area (Å²) in [6.07, 6.45) is 7.15. The van der Waals surface area contributed by atoms with E-state index in [-0.39, 0.29) is 47.7 Å². The van der Waals surface area contributed by atoms with Crippen LogP contribution in [0.5, 0.6) is 34.5 Å². The van der Waals surface area contributed by atoms with Gasteiger partial charge in [-0.2, -0.15) is 0 Å². The Labute approximate surface area is 534 Å². The Morgan fingerprint density at radius 2 is 0.674 bits per heavy atom. The number of carbonyl (C=O) groups is 1. The van der Waals surface area contributed by atoms with Gasteiger partial charge in [0.15, 0.2) is 0 Å². The third-order valence-corrected chi connectivity index (χ3v) is 14.3. The first-order valence-corrected chi connectivity index (χ1v) is 27.9. The first kappa shape index (κ1) is 69.9. The molecule has 0 saturated carbocycles. The van der Waals surface area contributed by atoms with E-state index in [1.165, 1.54) is 42.5 Å². The van der Waals surface area contributed by atoms with Crippen LogP contribution in [0.2, 0.25) is 0 Å². The minimum Gasteiger partial charge on any atom is -0.545 e. The predicted octanol–water partition coefficient (Wildman–Crippen LogP) is 14.8. The molecule has 9 aromatic rings. The number of aromatic carboxylic acids is 1. The van der Waals surface area contributed by atoms with E-state index in [2.05, 4.69) is 55.2 Å². The van der Waals surface area contributed by atoms with Gasteiger partial charge >= 0.3 is 42.1 Å². The number of nitrogens with zero attached hydrogens (tertiary/aromatic N) is 6. The van der Waals surface area contributed by atoms with Gasteiger partial charge in [0.2, 0.25) is 0 Å². The number of hydrogen-bond donors (Lipinski definition) is 0. The quantitative estimate of drug-likeness (QED) is 0.0329. The van der Waals surface area contributed by atoms with Crippen molar-refractivity contribution in [1.82, 2.24) is 0 Å². The van der Waals surface area contributed by atoms with Crippen LogP contribution in [0.3, 0.4) is 0 Å². The molecular weight excluding hydrogens is 1270 g/mol. The van der Waals surface area contributed by atoms with E-state index >= 15 is 0 Å². The summed E-state index contributed by atoms with van der Waals surface area (Å²) in [7, 11) is 9.04. The summed E-state index contributed by atoms with van der Waals surface area (Å²) in [6.45, 7) is 2.00. The molecule has 1 aliphatic rings. The number of rotatable bonds is 19. The first-order valence-electron chi connectivity index (χ1n) is 26.5. The van der Waals surface area contributed by atoms with Gasteiger partial charge in [-0.25, -0.2) is 0 Å². The van der Waals surface area contributed by atoms with E-state index in [0.29, 0.717) is 0 Å². The summed E-state index contributed by atoms with van der Waals surface area (Å²) in [5.74, 6) is 3.73. The number of carboxylic acid groups (broad SMARTS) is 1. The van der Waals surface area contributed by atoms with Crippen molar-refractivity contribution in [2.75, 3.05) is 55.9 Å². The molecule has 1 aliphatic heterocycles. The van der Waals surface area contributed by atoms with Crippen molar-refractivity contribution >= 4 is 82.9 Å². The Hall–Kier alpha value is -8.57. The van der Waals surface area contributed by atoms with Crippen LogP contribution in [0.15, 0.2) is 245 Å². The molecule has 18 heteroatoms. The molecule has 10 rings (SSSR count). The minimum atomic E-state index is -1.14. The Bertz CT molecular complexity index is 3070. The van der Waals surface area contributed by atoms with Gasteiger partial charge in [0, 0.05) is 13.2 Å². The maximum absolute atomic E-state index is 11.1. The van der Waals surface area contributed by atoms with Crippen LogP contribution < -0.4 is 49.4 Å². The first-order chi connectivity index (χ1) is 41.2. The smallest absolute Gasteiger partial charge is 0.545 e. The molecule has 0 atom stereocenters. The summed E-state index contributed by atoms with van der Waals surface area (Å²) in [5.41, 5.74) is 5.21. The number of hydrogen-bond acceptors (Lipinski definition) is 12. The Kier molecular flexibility index (Phi) is 33.0. The molecule has 1 heterocycles. The topological polar surface area (TPSA) is 184 Å². The van der Waals surface area contributed by atoms with Crippen molar-refractivity contribution in [1.29, 1.82) is 0 Å². The Morgan fingerprint density at radius 3 is 0.930 bits per heavy atom. The van der Waals surface area contributed by atoms with Crippen molar-refractivity contribution < 1.29 is 85.2 Å². The van der Waals surface area contributed by atoms with E-state index in [9.17, 15) is 9.90 Å². The zero-order chi connectivity index (χ0) is 59.4. The number of benzene rings is 9. The molecule has 0 amide bonds. The molecule has 440 valence electrons. The predicted molar refractivity (Wildman–Crippen MR) is 341 cm³/mol. The molecule has 0 bridgehead atoms. The van der Waals surface area contributed by atoms with Crippen LogP contribution in [0, 0.1) is 0 Å². The summed E-state index contributed by atoms with van der Waals surface area (Å²) in [5, 5.41) is 27.3. The molecule has 15 nitrogen and oxygen atoms in total. The minimum absolute atomic E-state index is 0. The van der Waals surface area contributed by atoms with Crippen molar-refractivity contribution in [3.63, 3.8) is 0 Å². The fourth-order valence-corrected chi connectivity index (χ4v) is 9.72. The second kappa shape index (κ2) is 40.6. The molecule has 86 heavy (non-hydrogen) atoms. The number of ether oxygens (including phenoxy) is 7. The van der Waals surface area contributed by atoms with Gasteiger partial charge in [-0.15, -0.1) is 0 Å². The molecule has 1 saturated heterocycles. The summed E-state index contributed by atoms with van der Waals surface area (Å²) >= 11 is 0. The monoisotopic (exact) mass is 1340 g/mol. The second-order valence-corrected chi connectivity index (χ2v) is 19.7. The fraction of sp³-hybridized carbons (Fsp3) is 0.147. The van der Waals surface area contributed by atoms with Crippen molar-refractivity contribution in [2.45, 2.75) is 12.8 Å². The van der Waals surface area contributed by atoms with Gasteiger partial charge < -0.3 is 74.0 Å². The number of carbonyl (C=O) groups excluding carboxylic acids is 1. The molecule has 9 aromatic carbocycles. The van der Waals surface area contributed by atoms with E-state index < -0.39 is 13.9 Å². The average molecular weight is 1340 g/mol. The average Bonchev–Trinajstić information content (AvgIpc) is 4.30.